The maximum Gasteiger partial charge on any atom is 0.156 e. The van der Waals surface area contributed by atoms with E-state index in [1.54, 1.807) is 6.92 Å². The van der Waals surface area contributed by atoms with E-state index in [0.29, 0.717) is 23.4 Å². The van der Waals surface area contributed by atoms with Crippen molar-refractivity contribution in [3.63, 3.8) is 0 Å². The first-order chi connectivity index (χ1) is 11.4. The molecule has 2 heteroatoms. The van der Waals surface area contributed by atoms with Gasteiger partial charge in [-0.1, -0.05) is 25.5 Å². The minimum absolute atomic E-state index is 0.148. The first kappa shape index (κ1) is 16.3. The molecule has 4 aliphatic rings. The van der Waals surface area contributed by atoms with Crippen LogP contribution in [0.25, 0.3) is 0 Å². The molecule has 0 radical (unpaired) electrons. The Morgan fingerprint density at radius 3 is 2.71 bits per heavy atom. The van der Waals surface area contributed by atoms with Gasteiger partial charge in [-0.05, 0) is 86.7 Å². The van der Waals surface area contributed by atoms with Crippen LogP contribution in [0.4, 0.5) is 0 Å². The lowest BCUT2D eigenvalue weighted by Gasteiger charge is -2.58. The summed E-state index contributed by atoms with van der Waals surface area (Å²) in [5, 5.41) is 0. The normalized spacial score (nSPS) is 44.1. The summed E-state index contributed by atoms with van der Waals surface area (Å²) in [6, 6.07) is 0. The van der Waals surface area contributed by atoms with Crippen molar-refractivity contribution >= 4 is 11.6 Å². The maximum atomic E-state index is 12.2. The van der Waals surface area contributed by atoms with Gasteiger partial charge in [-0.2, -0.15) is 0 Å². The SMILES string of the molecule is CC[C@]12CC[C@H]3[C@@H](CCC4=CC(=O)CC[C@@]43C)[C@@H]1CC=C2C(C)=O. The molecule has 4 aliphatic carbocycles. The third kappa shape index (κ3) is 2.01. The van der Waals surface area contributed by atoms with Gasteiger partial charge in [0.05, 0.1) is 0 Å². The molecular formula is C22H30O2. The van der Waals surface area contributed by atoms with Crippen LogP contribution in [-0.2, 0) is 9.59 Å². The first-order valence-corrected chi connectivity index (χ1v) is 9.88. The molecule has 130 valence electrons. The van der Waals surface area contributed by atoms with Crippen LogP contribution in [0.15, 0.2) is 23.3 Å². The topological polar surface area (TPSA) is 34.1 Å². The van der Waals surface area contributed by atoms with Crippen LogP contribution < -0.4 is 0 Å². The van der Waals surface area contributed by atoms with E-state index in [1.807, 2.05) is 6.08 Å². The zero-order valence-corrected chi connectivity index (χ0v) is 15.4. The lowest BCUT2D eigenvalue weighted by Crippen LogP contribution is -2.51. The molecule has 0 heterocycles. The number of allylic oxidation sites excluding steroid dienone is 4. The Balaban J connectivity index is 1.70. The molecule has 0 aromatic rings. The Hall–Kier alpha value is -1.18. The zero-order valence-electron chi connectivity index (χ0n) is 15.4. The second kappa shape index (κ2) is 5.41. The first-order valence-electron chi connectivity index (χ1n) is 9.88. The van der Waals surface area contributed by atoms with Gasteiger partial charge >= 0.3 is 0 Å². The molecular weight excluding hydrogens is 296 g/mol. The average molecular weight is 326 g/mol. The van der Waals surface area contributed by atoms with Gasteiger partial charge in [0.2, 0.25) is 0 Å². The lowest BCUT2D eigenvalue weighted by molar-refractivity contribution is -0.119. The standard InChI is InChI=1S/C22H30O2/c1-4-22-12-10-19-17(20(22)8-7-18(22)14(2)23)6-5-15-13-16(24)9-11-21(15,19)3/h7,13,17,19-20H,4-6,8-12H2,1-3H3/t17-,19+,20+,21+,22-/m1/s1. The van der Waals surface area contributed by atoms with E-state index >= 15 is 0 Å². The van der Waals surface area contributed by atoms with E-state index < -0.39 is 0 Å². The molecule has 5 atom stereocenters. The summed E-state index contributed by atoms with van der Waals surface area (Å²) in [5.74, 6) is 2.71. The molecule has 0 aromatic heterocycles. The second-order valence-electron chi connectivity index (χ2n) is 8.93. The highest BCUT2D eigenvalue weighted by Crippen LogP contribution is 2.66. The number of hydrogen-bond acceptors (Lipinski definition) is 2. The molecule has 0 aliphatic heterocycles. The van der Waals surface area contributed by atoms with Crippen molar-refractivity contribution in [2.45, 2.75) is 72.1 Å². The molecule has 2 fully saturated rings. The van der Waals surface area contributed by atoms with Crippen LogP contribution in [-0.4, -0.2) is 11.6 Å². The van der Waals surface area contributed by atoms with Crippen LogP contribution in [0.3, 0.4) is 0 Å². The minimum atomic E-state index is 0.148. The molecule has 0 bridgehead atoms. The highest BCUT2D eigenvalue weighted by molar-refractivity contribution is 5.95. The van der Waals surface area contributed by atoms with Crippen molar-refractivity contribution in [3.05, 3.63) is 23.3 Å². The maximum absolute atomic E-state index is 12.2. The van der Waals surface area contributed by atoms with Gasteiger partial charge in [-0.3, -0.25) is 9.59 Å². The average Bonchev–Trinajstić information content (AvgIpc) is 2.95. The van der Waals surface area contributed by atoms with Crippen LogP contribution in [0, 0.1) is 28.6 Å². The van der Waals surface area contributed by atoms with Crippen molar-refractivity contribution in [3.8, 4) is 0 Å². The van der Waals surface area contributed by atoms with Gasteiger partial charge in [0.15, 0.2) is 11.6 Å². The van der Waals surface area contributed by atoms with E-state index in [-0.39, 0.29) is 10.8 Å². The molecule has 2 saturated carbocycles. The molecule has 0 aromatic carbocycles. The number of ketones is 2. The third-order valence-corrected chi connectivity index (χ3v) is 8.29. The Kier molecular flexibility index (Phi) is 3.67. The van der Waals surface area contributed by atoms with E-state index in [9.17, 15) is 9.59 Å². The molecule has 0 saturated heterocycles. The van der Waals surface area contributed by atoms with Gasteiger partial charge in [0.25, 0.3) is 0 Å². The highest BCUT2D eigenvalue weighted by Gasteiger charge is 2.58. The number of carbonyl (C=O) groups is 2. The van der Waals surface area contributed by atoms with Crippen molar-refractivity contribution in [1.82, 2.24) is 0 Å². The molecule has 4 rings (SSSR count). The van der Waals surface area contributed by atoms with Gasteiger partial charge in [-0.25, -0.2) is 0 Å². The highest BCUT2D eigenvalue weighted by atomic mass is 16.1. The zero-order chi connectivity index (χ0) is 17.1. The van der Waals surface area contributed by atoms with Crippen molar-refractivity contribution < 1.29 is 9.59 Å². The molecule has 24 heavy (non-hydrogen) atoms. The fourth-order valence-electron chi connectivity index (χ4n) is 7.08. The molecule has 0 unspecified atom stereocenters. The van der Waals surface area contributed by atoms with E-state index in [2.05, 4.69) is 19.9 Å². The van der Waals surface area contributed by atoms with Crippen LogP contribution in [0.5, 0.6) is 0 Å². The third-order valence-electron chi connectivity index (χ3n) is 8.29. The smallest absolute Gasteiger partial charge is 0.156 e. The minimum Gasteiger partial charge on any atom is -0.295 e. The number of Topliss-reactive ketones (excluding diaryl/α,β-unsaturated/α-hetero) is 1. The fraction of sp³-hybridized carbons (Fsp3) is 0.727. The molecule has 2 nitrogen and oxygen atoms in total. The monoisotopic (exact) mass is 326 g/mol. The summed E-state index contributed by atoms with van der Waals surface area (Å²) in [7, 11) is 0. The Morgan fingerprint density at radius 1 is 1.21 bits per heavy atom. The van der Waals surface area contributed by atoms with Gasteiger partial charge in [0.1, 0.15) is 0 Å². The number of hydrogen-bond donors (Lipinski definition) is 0. The Morgan fingerprint density at radius 2 is 2.00 bits per heavy atom. The largest absolute Gasteiger partial charge is 0.295 e. The summed E-state index contributed by atoms with van der Waals surface area (Å²) in [6.45, 7) is 6.47. The second-order valence-corrected chi connectivity index (χ2v) is 8.93. The van der Waals surface area contributed by atoms with Crippen molar-refractivity contribution in [2.24, 2.45) is 28.6 Å². The molecule has 0 amide bonds. The predicted molar refractivity (Wildman–Crippen MR) is 95.5 cm³/mol. The number of rotatable bonds is 2. The Labute approximate surface area is 145 Å². The summed E-state index contributed by atoms with van der Waals surface area (Å²) in [5.41, 5.74) is 2.95. The van der Waals surface area contributed by atoms with Crippen molar-refractivity contribution in [1.29, 1.82) is 0 Å². The summed E-state index contributed by atoms with van der Waals surface area (Å²) in [6.07, 6.45) is 12.9. The number of carbonyl (C=O) groups excluding carboxylic acids is 2. The lowest BCUT2D eigenvalue weighted by atomic mass is 9.46. The van der Waals surface area contributed by atoms with Gasteiger partial charge in [-0.15, -0.1) is 0 Å². The summed E-state index contributed by atoms with van der Waals surface area (Å²) in [4.78, 5) is 24.1. The van der Waals surface area contributed by atoms with Gasteiger partial charge < -0.3 is 0 Å². The quantitative estimate of drug-likeness (QED) is 0.713. The van der Waals surface area contributed by atoms with E-state index in [0.717, 1.165) is 50.0 Å². The number of fused-ring (bicyclic) bond motifs is 5. The fourth-order valence-corrected chi connectivity index (χ4v) is 7.08. The summed E-state index contributed by atoms with van der Waals surface area (Å²) < 4.78 is 0. The summed E-state index contributed by atoms with van der Waals surface area (Å²) >= 11 is 0. The van der Waals surface area contributed by atoms with E-state index in [4.69, 9.17) is 0 Å². The molecule has 0 spiro atoms. The van der Waals surface area contributed by atoms with Crippen molar-refractivity contribution in [2.75, 3.05) is 0 Å². The van der Waals surface area contributed by atoms with Crippen LogP contribution >= 0.6 is 0 Å². The van der Waals surface area contributed by atoms with Gasteiger partial charge in [0, 0.05) is 11.8 Å². The predicted octanol–water partition coefficient (Wildman–Crippen LogP) is 5.03. The van der Waals surface area contributed by atoms with Crippen LogP contribution in [0.1, 0.15) is 72.1 Å². The van der Waals surface area contributed by atoms with Crippen LogP contribution in [0.2, 0.25) is 0 Å². The Bertz CT molecular complexity index is 655. The van der Waals surface area contributed by atoms with E-state index in [1.165, 1.54) is 18.4 Å². The molecule has 0 N–H and O–H groups in total.